The van der Waals surface area contributed by atoms with E-state index >= 15 is 0 Å². The molecule has 0 atom stereocenters. The van der Waals surface area contributed by atoms with Gasteiger partial charge in [0.05, 0.1) is 0 Å². The Morgan fingerprint density at radius 2 is 2.29 bits per heavy atom. The van der Waals surface area contributed by atoms with E-state index in [9.17, 15) is 0 Å². The van der Waals surface area contributed by atoms with Crippen LogP contribution in [-0.4, -0.2) is 31.1 Å². The van der Waals surface area contributed by atoms with Crippen LogP contribution in [0, 0.1) is 12.3 Å². The largest absolute Gasteiger partial charge is 0.462 e. The standard InChI is InChI=1S/C10H10N6O/c1-2-3-6-17-10-14-8(11)13-9(15-10)16-5-4-12-7-16/h1,4-5,7H,3,6H2,(H2,11,13,14,15). The summed E-state index contributed by atoms with van der Waals surface area (Å²) in [6.45, 7) is 0.337. The van der Waals surface area contributed by atoms with E-state index in [1.807, 2.05) is 0 Å². The summed E-state index contributed by atoms with van der Waals surface area (Å²) < 4.78 is 6.85. The highest BCUT2D eigenvalue weighted by molar-refractivity contribution is 5.24. The fraction of sp³-hybridized carbons (Fsp3) is 0.200. The van der Waals surface area contributed by atoms with E-state index in [1.54, 1.807) is 23.3 Å². The SMILES string of the molecule is C#CCCOc1nc(N)nc(-n2ccnc2)n1. The van der Waals surface area contributed by atoms with Gasteiger partial charge in [-0.1, -0.05) is 0 Å². The van der Waals surface area contributed by atoms with Crippen molar-refractivity contribution in [3.05, 3.63) is 18.7 Å². The number of aromatic nitrogens is 5. The number of imidazole rings is 1. The average Bonchev–Trinajstić information content (AvgIpc) is 2.82. The Morgan fingerprint density at radius 3 is 3.00 bits per heavy atom. The summed E-state index contributed by atoms with van der Waals surface area (Å²) in [5.74, 6) is 2.89. The number of ether oxygens (including phenoxy) is 1. The van der Waals surface area contributed by atoms with Gasteiger partial charge < -0.3 is 10.5 Å². The number of nitrogens with zero attached hydrogens (tertiary/aromatic N) is 5. The maximum absolute atomic E-state index is 5.55. The molecule has 2 rings (SSSR count). The van der Waals surface area contributed by atoms with Crippen molar-refractivity contribution in [1.82, 2.24) is 24.5 Å². The minimum absolute atomic E-state index is 0.0828. The van der Waals surface area contributed by atoms with Gasteiger partial charge in [-0.2, -0.15) is 15.0 Å². The second-order valence-corrected chi connectivity index (χ2v) is 3.05. The lowest BCUT2D eigenvalue weighted by molar-refractivity contribution is 0.300. The van der Waals surface area contributed by atoms with Gasteiger partial charge in [-0.3, -0.25) is 4.57 Å². The van der Waals surface area contributed by atoms with Crippen molar-refractivity contribution in [2.45, 2.75) is 6.42 Å². The molecule has 2 aromatic rings. The number of nitrogens with two attached hydrogens (primary N) is 1. The van der Waals surface area contributed by atoms with Crippen LogP contribution in [0.15, 0.2) is 18.7 Å². The predicted molar refractivity (Wildman–Crippen MR) is 60.3 cm³/mol. The molecule has 7 nitrogen and oxygen atoms in total. The summed E-state index contributed by atoms with van der Waals surface area (Å²) in [6.07, 6.45) is 10.4. The topological polar surface area (TPSA) is 91.7 Å². The Bertz CT molecular complexity index is 530. The quantitative estimate of drug-likeness (QED) is 0.589. The summed E-state index contributed by atoms with van der Waals surface area (Å²) >= 11 is 0. The summed E-state index contributed by atoms with van der Waals surface area (Å²) in [6, 6.07) is 0.149. The predicted octanol–water partition coefficient (Wildman–Crippen LogP) is 0.0416. The van der Waals surface area contributed by atoms with Gasteiger partial charge in [0, 0.05) is 18.8 Å². The smallest absolute Gasteiger partial charge is 0.323 e. The van der Waals surface area contributed by atoms with Crippen LogP contribution in [0.2, 0.25) is 0 Å². The highest BCUT2D eigenvalue weighted by Gasteiger charge is 2.06. The van der Waals surface area contributed by atoms with Crippen LogP contribution in [0.25, 0.3) is 5.95 Å². The maximum atomic E-state index is 5.55. The van der Waals surface area contributed by atoms with Crippen molar-refractivity contribution in [2.75, 3.05) is 12.3 Å². The average molecular weight is 230 g/mol. The molecule has 2 N–H and O–H groups in total. The Morgan fingerprint density at radius 1 is 1.41 bits per heavy atom. The number of rotatable bonds is 4. The molecule has 2 heterocycles. The third-order valence-electron chi connectivity index (χ3n) is 1.83. The lowest BCUT2D eigenvalue weighted by Gasteiger charge is -2.05. The Kier molecular flexibility index (Phi) is 3.16. The minimum Gasteiger partial charge on any atom is -0.462 e. The van der Waals surface area contributed by atoms with Gasteiger partial charge in [-0.05, 0) is 0 Å². The van der Waals surface area contributed by atoms with Crippen LogP contribution in [0.1, 0.15) is 6.42 Å². The monoisotopic (exact) mass is 230 g/mol. The van der Waals surface area contributed by atoms with Crippen molar-refractivity contribution in [2.24, 2.45) is 0 Å². The Hall–Kier alpha value is -2.62. The lowest BCUT2D eigenvalue weighted by Crippen LogP contribution is -2.08. The second kappa shape index (κ2) is 4.94. The molecule has 0 spiro atoms. The third-order valence-corrected chi connectivity index (χ3v) is 1.83. The molecule has 0 saturated carbocycles. The van der Waals surface area contributed by atoms with Gasteiger partial charge in [0.2, 0.25) is 11.9 Å². The van der Waals surface area contributed by atoms with Crippen molar-refractivity contribution in [3.8, 4) is 24.3 Å². The number of hydrogen-bond donors (Lipinski definition) is 1. The molecule has 0 unspecified atom stereocenters. The van der Waals surface area contributed by atoms with E-state index in [0.717, 1.165) is 0 Å². The van der Waals surface area contributed by atoms with Gasteiger partial charge in [0.25, 0.3) is 0 Å². The van der Waals surface area contributed by atoms with Crippen LogP contribution in [-0.2, 0) is 0 Å². The van der Waals surface area contributed by atoms with Crippen molar-refractivity contribution in [1.29, 1.82) is 0 Å². The molecule has 17 heavy (non-hydrogen) atoms. The first-order chi connectivity index (χ1) is 8.29. The van der Waals surface area contributed by atoms with Crippen molar-refractivity contribution >= 4 is 5.95 Å². The van der Waals surface area contributed by atoms with E-state index < -0.39 is 0 Å². The third kappa shape index (κ3) is 2.69. The molecule has 0 aliphatic heterocycles. The Labute approximate surface area is 97.7 Å². The molecule has 0 aliphatic rings. The molecule has 0 fully saturated rings. The lowest BCUT2D eigenvalue weighted by atomic mass is 10.5. The molecule has 0 saturated heterocycles. The van der Waals surface area contributed by atoms with Crippen molar-refractivity contribution in [3.63, 3.8) is 0 Å². The van der Waals surface area contributed by atoms with Gasteiger partial charge in [0.1, 0.15) is 12.9 Å². The molecule has 86 valence electrons. The minimum atomic E-state index is 0.0828. The molecule has 0 aliphatic carbocycles. The van der Waals surface area contributed by atoms with E-state index in [0.29, 0.717) is 19.0 Å². The number of terminal acetylenes is 1. The molecule has 2 aromatic heterocycles. The van der Waals surface area contributed by atoms with Gasteiger partial charge in [-0.15, -0.1) is 12.3 Å². The fourth-order valence-corrected chi connectivity index (χ4v) is 1.12. The zero-order valence-electron chi connectivity index (χ0n) is 8.95. The zero-order chi connectivity index (χ0) is 12.1. The van der Waals surface area contributed by atoms with E-state index in [-0.39, 0.29) is 12.0 Å². The van der Waals surface area contributed by atoms with Crippen molar-refractivity contribution < 1.29 is 4.74 Å². The maximum Gasteiger partial charge on any atom is 0.323 e. The van der Waals surface area contributed by atoms with Crippen LogP contribution >= 0.6 is 0 Å². The van der Waals surface area contributed by atoms with Gasteiger partial charge in [0.15, 0.2) is 0 Å². The summed E-state index contributed by atoms with van der Waals surface area (Å²) in [7, 11) is 0. The van der Waals surface area contributed by atoms with Crippen LogP contribution in [0.5, 0.6) is 6.01 Å². The highest BCUT2D eigenvalue weighted by atomic mass is 16.5. The van der Waals surface area contributed by atoms with E-state index in [4.69, 9.17) is 16.9 Å². The summed E-state index contributed by atoms with van der Waals surface area (Å²) in [5.41, 5.74) is 5.55. The molecule has 0 amide bonds. The van der Waals surface area contributed by atoms with Gasteiger partial charge in [-0.25, -0.2) is 4.98 Å². The molecule has 0 radical (unpaired) electrons. The fourth-order valence-electron chi connectivity index (χ4n) is 1.12. The second-order valence-electron chi connectivity index (χ2n) is 3.05. The first-order valence-corrected chi connectivity index (χ1v) is 4.86. The normalized spacial score (nSPS) is 9.82. The molecular formula is C10H10N6O. The molecule has 7 heteroatoms. The van der Waals surface area contributed by atoms with Gasteiger partial charge >= 0.3 is 6.01 Å². The summed E-state index contributed by atoms with van der Waals surface area (Å²) in [5, 5.41) is 0. The van der Waals surface area contributed by atoms with Crippen LogP contribution in [0.3, 0.4) is 0 Å². The van der Waals surface area contributed by atoms with Crippen LogP contribution in [0.4, 0.5) is 5.95 Å². The summed E-state index contributed by atoms with van der Waals surface area (Å²) in [4.78, 5) is 15.8. The Balaban J connectivity index is 2.21. The number of nitrogen functional groups attached to an aromatic ring is 1. The number of anilines is 1. The molecule has 0 bridgehead atoms. The first-order valence-electron chi connectivity index (χ1n) is 4.86. The highest BCUT2D eigenvalue weighted by Crippen LogP contribution is 2.08. The van der Waals surface area contributed by atoms with E-state index in [1.165, 1.54) is 0 Å². The van der Waals surface area contributed by atoms with E-state index in [2.05, 4.69) is 25.9 Å². The molecule has 0 aromatic carbocycles. The zero-order valence-corrected chi connectivity index (χ0v) is 8.95. The molecular weight excluding hydrogens is 220 g/mol. The number of hydrogen-bond acceptors (Lipinski definition) is 6. The van der Waals surface area contributed by atoms with Crippen LogP contribution < -0.4 is 10.5 Å². The first kappa shape index (κ1) is 10.9.